The number of carbonyl (C=O) groups excluding carboxylic acids is 2. The molecule has 4 aromatic rings. The van der Waals surface area contributed by atoms with Gasteiger partial charge in [0.15, 0.2) is 5.69 Å². The van der Waals surface area contributed by atoms with Crippen molar-refractivity contribution in [3.63, 3.8) is 0 Å². The second-order valence-corrected chi connectivity index (χ2v) is 8.84. The quantitative estimate of drug-likeness (QED) is 0.519. The Morgan fingerprint density at radius 1 is 0.968 bits per heavy atom. The van der Waals surface area contributed by atoms with Crippen LogP contribution in [-0.4, -0.2) is 27.6 Å². The summed E-state index contributed by atoms with van der Waals surface area (Å²) in [6, 6.07) is 21.2. The Morgan fingerprint density at radius 2 is 1.61 bits per heavy atom. The average molecular weight is 415 g/mol. The van der Waals surface area contributed by atoms with E-state index in [9.17, 15) is 9.59 Å². The smallest absolute Gasteiger partial charge is 0.273 e. The molecule has 3 aromatic carbocycles. The molecule has 6 nitrogen and oxygen atoms in total. The molecule has 1 aromatic heterocycles. The van der Waals surface area contributed by atoms with Crippen LogP contribution in [-0.2, 0) is 11.3 Å². The zero-order chi connectivity index (χ0) is 22.2. The van der Waals surface area contributed by atoms with Gasteiger partial charge in [0.1, 0.15) is 6.04 Å². The van der Waals surface area contributed by atoms with Crippen LogP contribution < -0.4 is 11.1 Å². The van der Waals surface area contributed by atoms with E-state index in [1.807, 2.05) is 67.9 Å². The molecule has 31 heavy (non-hydrogen) atoms. The van der Waals surface area contributed by atoms with Gasteiger partial charge in [-0.15, -0.1) is 0 Å². The van der Waals surface area contributed by atoms with Gasteiger partial charge in [0.25, 0.3) is 5.91 Å². The standard InChI is InChI=1S/C25H26N4O2/c1-25(2,3)22(23(26)30)27-24(31)21-19-13-6-7-14-20(19)29(28-21)15-17-11-8-10-16-9-4-5-12-18(16)17/h4-14,22H,15H2,1-3H3,(H2,26,30)(H,27,31). The summed E-state index contributed by atoms with van der Waals surface area (Å²) in [5, 5.41) is 10.5. The molecular formula is C25H26N4O2. The van der Waals surface area contributed by atoms with E-state index in [0.29, 0.717) is 6.54 Å². The van der Waals surface area contributed by atoms with E-state index in [1.165, 1.54) is 0 Å². The van der Waals surface area contributed by atoms with Gasteiger partial charge < -0.3 is 11.1 Å². The highest BCUT2D eigenvalue weighted by atomic mass is 16.2. The van der Waals surface area contributed by atoms with Crippen LogP contribution in [0.3, 0.4) is 0 Å². The van der Waals surface area contributed by atoms with E-state index >= 15 is 0 Å². The minimum atomic E-state index is -0.804. The van der Waals surface area contributed by atoms with Crippen molar-refractivity contribution >= 4 is 33.5 Å². The van der Waals surface area contributed by atoms with Crippen molar-refractivity contribution in [1.29, 1.82) is 0 Å². The van der Waals surface area contributed by atoms with Crippen molar-refractivity contribution in [3.8, 4) is 0 Å². The number of fused-ring (bicyclic) bond motifs is 2. The Bertz CT molecular complexity index is 1280. The molecule has 0 fully saturated rings. The Balaban J connectivity index is 1.74. The molecule has 6 heteroatoms. The lowest BCUT2D eigenvalue weighted by Gasteiger charge is -2.28. The summed E-state index contributed by atoms with van der Waals surface area (Å²) < 4.78 is 1.84. The summed E-state index contributed by atoms with van der Waals surface area (Å²) in [7, 11) is 0. The number of benzene rings is 3. The molecule has 158 valence electrons. The molecular weight excluding hydrogens is 388 g/mol. The predicted molar refractivity (Wildman–Crippen MR) is 123 cm³/mol. The van der Waals surface area contributed by atoms with Gasteiger partial charge >= 0.3 is 0 Å². The molecule has 1 unspecified atom stereocenters. The fraction of sp³-hybridized carbons (Fsp3) is 0.240. The zero-order valence-electron chi connectivity index (χ0n) is 17.9. The van der Waals surface area contributed by atoms with Crippen molar-refractivity contribution in [2.45, 2.75) is 33.4 Å². The Labute approximate surface area is 181 Å². The van der Waals surface area contributed by atoms with Crippen molar-refractivity contribution in [1.82, 2.24) is 15.1 Å². The minimum absolute atomic E-state index is 0.284. The maximum Gasteiger partial charge on any atom is 0.273 e. The number of hydrogen-bond acceptors (Lipinski definition) is 3. The lowest BCUT2D eigenvalue weighted by atomic mass is 9.86. The number of primary amides is 1. The number of rotatable bonds is 5. The number of aromatic nitrogens is 2. The molecule has 0 aliphatic carbocycles. The zero-order valence-corrected chi connectivity index (χ0v) is 17.9. The second kappa shape index (κ2) is 7.87. The molecule has 0 bridgehead atoms. The first-order valence-corrected chi connectivity index (χ1v) is 10.3. The summed E-state index contributed by atoms with van der Waals surface area (Å²) in [6.45, 7) is 6.10. The number of nitrogens with two attached hydrogens (primary N) is 1. The number of hydrogen-bond donors (Lipinski definition) is 2. The number of nitrogens with one attached hydrogen (secondary N) is 1. The molecule has 0 radical (unpaired) electrons. The van der Waals surface area contributed by atoms with Gasteiger partial charge in [0.2, 0.25) is 5.91 Å². The number of amides is 2. The summed E-state index contributed by atoms with van der Waals surface area (Å²) in [5.74, 6) is -0.980. The highest BCUT2D eigenvalue weighted by molar-refractivity contribution is 6.06. The third kappa shape index (κ3) is 4.01. The van der Waals surface area contributed by atoms with E-state index < -0.39 is 23.3 Å². The molecule has 0 saturated heterocycles. The summed E-state index contributed by atoms with van der Waals surface area (Å²) >= 11 is 0. The molecule has 0 aliphatic rings. The highest BCUT2D eigenvalue weighted by Crippen LogP contribution is 2.24. The topological polar surface area (TPSA) is 90.0 Å². The van der Waals surface area contributed by atoms with Gasteiger partial charge in [-0.05, 0) is 27.8 Å². The fourth-order valence-corrected chi connectivity index (χ4v) is 3.92. The predicted octanol–water partition coefficient (Wildman–Crippen LogP) is 3.87. The first kappa shape index (κ1) is 20.6. The summed E-state index contributed by atoms with van der Waals surface area (Å²) in [6.07, 6.45) is 0. The van der Waals surface area contributed by atoms with Gasteiger partial charge in [-0.25, -0.2) is 0 Å². The molecule has 0 saturated carbocycles. The van der Waals surface area contributed by atoms with Gasteiger partial charge in [0, 0.05) is 5.39 Å². The van der Waals surface area contributed by atoms with E-state index in [1.54, 1.807) is 0 Å². The van der Waals surface area contributed by atoms with Gasteiger partial charge in [-0.2, -0.15) is 5.10 Å². The molecule has 4 rings (SSSR count). The van der Waals surface area contributed by atoms with Crippen molar-refractivity contribution < 1.29 is 9.59 Å². The van der Waals surface area contributed by atoms with E-state index in [4.69, 9.17) is 5.73 Å². The molecule has 0 aliphatic heterocycles. The van der Waals surface area contributed by atoms with Crippen molar-refractivity contribution in [3.05, 3.63) is 78.0 Å². The van der Waals surface area contributed by atoms with Crippen molar-refractivity contribution in [2.24, 2.45) is 11.1 Å². The summed E-state index contributed by atoms with van der Waals surface area (Å²) in [4.78, 5) is 25.0. The highest BCUT2D eigenvalue weighted by Gasteiger charge is 2.32. The molecule has 0 spiro atoms. The van der Waals surface area contributed by atoms with Crippen LogP contribution in [0, 0.1) is 5.41 Å². The monoisotopic (exact) mass is 414 g/mol. The van der Waals surface area contributed by atoms with Gasteiger partial charge in [0.05, 0.1) is 12.1 Å². The van der Waals surface area contributed by atoms with E-state index in [0.717, 1.165) is 27.2 Å². The number of para-hydroxylation sites is 1. The lowest BCUT2D eigenvalue weighted by Crippen LogP contribution is -2.52. The Kier molecular flexibility index (Phi) is 5.23. The lowest BCUT2D eigenvalue weighted by molar-refractivity contribution is -0.122. The first-order chi connectivity index (χ1) is 14.8. The van der Waals surface area contributed by atoms with Crippen LogP contribution in [0.2, 0.25) is 0 Å². The maximum atomic E-state index is 13.1. The van der Waals surface area contributed by atoms with Gasteiger partial charge in [-0.3, -0.25) is 14.3 Å². The molecule has 1 atom stereocenters. The maximum absolute atomic E-state index is 13.1. The van der Waals surface area contributed by atoms with Crippen LogP contribution in [0.1, 0.15) is 36.8 Å². The van der Waals surface area contributed by atoms with Crippen LogP contribution in [0.5, 0.6) is 0 Å². The molecule has 1 heterocycles. The largest absolute Gasteiger partial charge is 0.368 e. The number of nitrogens with zero attached hydrogens (tertiary/aromatic N) is 2. The second-order valence-electron chi connectivity index (χ2n) is 8.84. The van der Waals surface area contributed by atoms with E-state index in [2.05, 4.69) is 34.7 Å². The Hall–Kier alpha value is -3.67. The normalized spacial score (nSPS) is 12.7. The summed E-state index contributed by atoms with van der Waals surface area (Å²) in [5.41, 5.74) is 7.28. The third-order valence-electron chi connectivity index (χ3n) is 5.50. The van der Waals surface area contributed by atoms with Crippen LogP contribution in [0.4, 0.5) is 0 Å². The fourth-order valence-electron chi connectivity index (χ4n) is 3.92. The molecule has 2 amide bonds. The SMILES string of the molecule is CC(C)(C)C(NC(=O)c1nn(Cc2cccc3ccccc23)c2ccccc12)C(N)=O. The van der Waals surface area contributed by atoms with Crippen LogP contribution in [0.15, 0.2) is 66.7 Å². The van der Waals surface area contributed by atoms with E-state index in [-0.39, 0.29) is 5.69 Å². The van der Waals surface area contributed by atoms with Crippen molar-refractivity contribution in [2.75, 3.05) is 0 Å². The first-order valence-electron chi connectivity index (χ1n) is 10.3. The van der Waals surface area contributed by atoms with Gasteiger partial charge in [-0.1, -0.05) is 81.4 Å². The Morgan fingerprint density at radius 3 is 2.32 bits per heavy atom. The minimum Gasteiger partial charge on any atom is -0.368 e. The number of carbonyl (C=O) groups is 2. The van der Waals surface area contributed by atoms with Crippen LogP contribution >= 0.6 is 0 Å². The third-order valence-corrected chi connectivity index (χ3v) is 5.50. The average Bonchev–Trinajstić information content (AvgIpc) is 3.10. The molecule has 3 N–H and O–H groups in total. The van der Waals surface area contributed by atoms with Crippen LogP contribution in [0.25, 0.3) is 21.7 Å².